The SMILES string of the molecule is CCCC/C=C/CCCCCCCCOCC(C[N+](C)(C)CCCN)OCCCCCCCC/C=C/CCCC. The van der Waals surface area contributed by atoms with Gasteiger partial charge in [-0.3, -0.25) is 0 Å². The Hall–Kier alpha value is -0.680. The molecule has 0 amide bonds. The fourth-order valence-electron chi connectivity index (χ4n) is 5.14. The molecule has 1 atom stereocenters. The van der Waals surface area contributed by atoms with Gasteiger partial charge in [-0.1, -0.05) is 115 Å². The van der Waals surface area contributed by atoms with E-state index in [1.807, 2.05) is 0 Å². The van der Waals surface area contributed by atoms with Crippen LogP contribution in [0.5, 0.6) is 0 Å². The molecule has 0 aromatic rings. The molecule has 0 aliphatic heterocycles. The molecule has 0 saturated heterocycles. The van der Waals surface area contributed by atoms with Gasteiger partial charge in [0.1, 0.15) is 12.6 Å². The molecule has 40 heavy (non-hydrogen) atoms. The van der Waals surface area contributed by atoms with Gasteiger partial charge in [-0.05, 0) is 57.9 Å². The molecule has 0 aliphatic carbocycles. The van der Waals surface area contributed by atoms with Gasteiger partial charge >= 0.3 is 0 Å². The largest absolute Gasteiger partial charge is 0.379 e. The van der Waals surface area contributed by atoms with Crippen LogP contribution in [0, 0.1) is 0 Å². The zero-order chi connectivity index (χ0) is 29.4. The van der Waals surface area contributed by atoms with Crippen LogP contribution >= 0.6 is 0 Å². The highest BCUT2D eigenvalue weighted by atomic mass is 16.5. The molecule has 2 N–H and O–H groups in total. The molecule has 0 radical (unpaired) electrons. The van der Waals surface area contributed by atoms with Gasteiger partial charge in [-0.2, -0.15) is 0 Å². The number of nitrogens with zero attached hydrogens (tertiary/aromatic N) is 1. The summed E-state index contributed by atoms with van der Waals surface area (Å²) >= 11 is 0. The smallest absolute Gasteiger partial charge is 0.130 e. The van der Waals surface area contributed by atoms with Crippen molar-refractivity contribution in [2.75, 3.05) is 53.6 Å². The van der Waals surface area contributed by atoms with Crippen LogP contribution in [0.2, 0.25) is 0 Å². The van der Waals surface area contributed by atoms with Crippen molar-refractivity contribution >= 4 is 0 Å². The number of allylic oxidation sites excluding steroid dienone is 4. The summed E-state index contributed by atoms with van der Waals surface area (Å²) in [5.41, 5.74) is 5.78. The van der Waals surface area contributed by atoms with Crippen LogP contribution in [0.25, 0.3) is 0 Å². The molecule has 0 aromatic carbocycles. The van der Waals surface area contributed by atoms with Crippen LogP contribution in [0.4, 0.5) is 0 Å². The van der Waals surface area contributed by atoms with Gasteiger partial charge in [0.2, 0.25) is 0 Å². The average molecular weight is 566 g/mol. The van der Waals surface area contributed by atoms with Gasteiger partial charge < -0.3 is 19.7 Å². The molecule has 0 saturated carbocycles. The molecule has 0 fully saturated rings. The first-order valence-electron chi connectivity index (χ1n) is 17.6. The van der Waals surface area contributed by atoms with Gasteiger partial charge in [-0.25, -0.2) is 0 Å². The number of ether oxygens (including phenoxy) is 2. The zero-order valence-corrected chi connectivity index (χ0v) is 27.8. The number of quaternary nitrogens is 1. The Balaban J connectivity index is 3.96. The summed E-state index contributed by atoms with van der Waals surface area (Å²) in [5, 5.41) is 0. The van der Waals surface area contributed by atoms with Gasteiger partial charge in [0, 0.05) is 19.6 Å². The lowest BCUT2D eigenvalue weighted by atomic mass is 10.1. The average Bonchev–Trinajstić information content (AvgIpc) is 2.94. The van der Waals surface area contributed by atoms with E-state index in [1.165, 1.54) is 122 Å². The van der Waals surface area contributed by atoms with Crippen molar-refractivity contribution in [2.45, 2.75) is 155 Å². The fourth-order valence-corrected chi connectivity index (χ4v) is 5.14. The third-order valence-corrected chi connectivity index (χ3v) is 7.78. The molecule has 0 aromatic heterocycles. The van der Waals surface area contributed by atoms with Crippen molar-refractivity contribution in [2.24, 2.45) is 5.73 Å². The van der Waals surface area contributed by atoms with Crippen molar-refractivity contribution in [1.82, 2.24) is 0 Å². The molecule has 0 aliphatic rings. The third-order valence-electron chi connectivity index (χ3n) is 7.78. The van der Waals surface area contributed by atoms with Crippen molar-refractivity contribution in [3.8, 4) is 0 Å². The zero-order valence-electron chi connectivity index (χ0n) is 27.8. The first-order valence-corrected chi connectivity index (χ1v) is 17.6. The van der Waals surface area contributed by atoms with E-state index in [9.17, 15) is 0 Å². The van der Waals surface area contributed by atoms with Crippen LogP contribution in [0.1, 0.15) is 149 Å². The minimum atomic E-state index is 0.178. The molecule has 0 heterocycles. The lowest BCUT2D eigenvalue weighted by Crippen LogP contribution is -2.48. The molecule has 238 valence electrons. The van der Waals surface area contributed by atoms with E-state index in [2.05, 4.69) is 52.2 Å². The Kier molecular flexibility index (Phi) is 30.7. The van der Waals surface area contributed by atoms with E-state index in [-0.39, 0.29) is 6.10 Å². The summed E-state index contributed by atoms with van der Waals surface area (Å²) in [7, 11) is 4.60. The standard InChI is InChI=1S/C36H73N2O2/c1-5-7-9-11-13-15-17-19-21-23-25-27-32-39-35-36(34-38(3,4)31-29-30-37)40-33-28-26-24-22-20-18-16-14-12-10-8-6-2/h11-14,36H,5-10,15-35,37H2,1-4H3/q+1/b13-11+,14-12+. The Morgan fingerprint density at radius 3 is 1.52 bits per heavy atom. The second-order valence-corrected chi connectivity index (χ2v) is 12.6. The Morgan fingerprint density at radius 2 is 1.02 bits per heavy atom. The summed E-state index contributed by atoms with van der Waals surface area (Å²) < 4.78 is 13.5. The minimum absolute atomic E-state index is 0.178. The van der Waals surface area contributed by atoms with Gasteiger partial charge in [0.25, 0.3) is 0 Å². The molecular formula is C36H73N2O2+. The van der Waals surface area contributed by atoms with Gasteiger partial charge in [0.15, 0.2) is 0 Å². The summed E-state index contributed by atoms with van der Waals surface area (Å²) in [4.78, 5) is 0. The van der Waals surface area contributed by atoms with E-state index in [1.54, 1.807) is 0 Å². The normalized spacial score (nSPS) is 13.2. The summed E-state index contributed by atoms with van der Waals surface area (Å²) in [6.45, 7) is 9.82. The van der Waals surface area contributed by atoms with Gasteiger partial charge in [0.05, 0.1) is 27.2 Å². The van der Waals surface area contributed by atoms with E-state index in [4.69, 9.17) is 15.2 Å². The van der Waals surface area contributed by atoms with Crippen molar-refractivity contribution in [3.05, 3.63) is 24.3 Å². The summed E-state index contributed by atoms with van der Waals surface area (Å²) in [6.07, 6.45) is 36.7. The first-order chi connectivity index (χ1) is 19.6. The molecular weight excluding hydrogens is 492 g/mol. The van der Waals surface area contributed by atoms with E-state index in [0.717, 1.165) is 56.8 Å². The molecule has 1 unspecified atom stereocenters. The molecule has 4 nitrogen and oxygen atoms in total. The van der Waals surface area contributed by atoms with Crippen LogP contribution in [0.3, 0.4) is 0 Å². The Bertz CT molecular complexity index is 547. The molecule has 0 spiro atoms. The lowest BCUT2D eigenvalue weighted by Gasteiger charge is -2.33. The number of likely N-dealkylation sites (N-methyl/N-ethyl adjacent to an activating group) is 1. The highest BCUT2D eigenvalue weighted by Gasteiger charge is 2.22. The molecule has 0 rings (SSSR count). The lowest BCUT2D eigenvalue weighted by molar-refractivity contribution is -0.893. The van der Waals surface area contributed by atoms with Crippen LogP contribution in [0.15, 0.2) is 24.3 Å². The highest BCUT2D eigenvalue weighted by Crippen LogP contribution is 2.12. The molecule has 4 heteroatoms. The Morgan fingerprint density at radius 1 is 0.575 bits per heavy atom. The van der Waals surface area contributed by atoms with Crippen LogP contribution in [-0.2, 0) is 9.47 Å². The highest BCUT2D eigenvalue weighted by molar-refractivity contribution is 4.81. The topological polar surface area (TPSA) is 44.5 Å². The summed E-state index contributed by atoms with van der Waals surface area (Å²) in [5.74, 6) is 0. The Labute approximate surface area is 252 Å². The predicted octanol–water partition coefficient (Wildman–Crippen LogP) is 9.77. The first kappa shape index (κ1) is 39.3. The third kappa shape index (κ3) is 30.3. The van der Waals surface area contributed by atoms with Crippen LogP contribution < -0.4 is 5.73 Å². The van der Waals surface area contributed by atoms with Crippen LogP contribution in [-0.4, -0.2) is 64.1 Å². The summed E-state index contributed by atoms with van der Waals surface area (Å²) in [6, 6.07) is 0. The number of hydrogen-bond donors (Lipinski definition) is 1. The van der Waals surface area contributed by atoms with Crippen molar-refractivity contribution < 1.29 is 14.0 Å². The van der Waals surface area contributed by atoms with Crippen molar-refractivity contribution in [3.63, 3.8) is 0 Å². The van der Waals surface area contributed by atoms with E-state index < -0.39 is 0 Å². The quantitative estimate of drug-likeness (QED) is 0.0501. The maximum atomic E-state index is 6.38. The maximum Gasteiger partial charge on any atom is 0.130 e. The number of hydrogen-bond acceptors (Lipinski definition) is 3. The predicted molar refractivity (Wildman–Crippen MR) is 178 cm³/mol. The van der Waals surface area contributed by atoms with E-state index >= 15 is 0 Å². The second-order valence-electron chi connectivity index (χ2n) is 12.6. The van der Waals surface area contributed by atoms with E-state index in [0.29, 0.717) is 0 Å². The second kappa shape index (κ2) is 31.3. The maximum absolute atomic E-state index is 6.38. The monoisotopic (exact) mass is 566 g/mol. The molecule has 0 bridgehead atoms. The number of rotatable bonds is 32. The fraction of sp³-hybridized carbons (Fsp3) is 0.889. The number of nitrogens with two attached hydrogens (primary N) is 1. The minimum Gasteiger partial charge on any atom is -0.379 e. The number of unbranched alkanes of at least 4 members (excludes halogenated alkanes) is 16. The van der Waals surface area contributed by atoms with Crippen molar-refractivity contribution in [1.29, 1.82) is 0 Å². The van der Waals surface area contributed by atoms with Gasteiger partial charge in [-0.15, -0.1) is 0 Å².